The molecule has 3 aromatic rings. The fourth-order valence-electron chi connectivity index (χ4n) is 3.94. The van der Waals surface area contributed by atoms with E-state index in [1.54, 1.807) is 0 Å². The van der Waals surface area contributed by atoms with Crippen LogP contribution >= 0.6 is 0 Å². The molecule has 2 heterocycles. The molecule has 4 rings (SSSR count). The molecule has 0 saturated heterocycles. The zero-order valence-corrected chi connectivity index (χ0v) is 15.1. The van der Waals surface area contributed by atoms with Crippen LogP contribution in [0.3, 0.4) is 0 Å². The lowest BCUT2D eigenvalue weighted by molar-refractivity contribution is 0.118. The van der Waals surface area contributed by atoms with Crippen LogP contribution in [0.5, 0.6) is 0 Å². The summed E-state index contributed by atoms with van der Waals surface area (Å²) in [4.78, 5) is 2.32. The summed E-state index contributed by atoms with van der Waals surface area (Å²) in [5.74, 6) is 0.115. The number of aliphatic hydroxyl groups is 1. The van der Waals surface area contributed by atoms with Gasteiger partial charge in [0.15, 0.2) is 0 Å². The van der Waals surface area contributed by atoms with Crippen LogP contribution in [0.25, 0.3) is 0 Å². The Kier molecular flexibility index (Phi) is 4.87. The Labute approximate surface area is 154 Å². The average molecular weight is 347 g/mol. The van der Waals surface area contributed by atoms with Crippen molar-refractivity contribution >= 4 is 0 Å². The van der Waals surface area contributed by atoms with E-state index in [0.717, 1.165) is 25.2 Å². The van der Waals surface area contributed by atoms with Crippen LogP contribution < -0.4 is 0 Å². The normalized spacial score (nSPS) is 15.8. The summed E-state index contributed by atoms with van der Waals surface area (Å²) in [7, 11) is 0. The van der Waals surface area contributed by atoms with Gasteiger partial charge in [-0.3, -0.25) is 10.00 Å². The number of aromatic nitrogens is 2. The fourth-order valence-corrected chi connectivity index (χ4v) is 3.94. The van der Waals surface area contributed by atoms with E-state index in [2.05, 4.69) is 70.7 Å². The predicted molar refractivity (Wildman–Crippen MR) is 103 cm³/mol. The first kappa shape index (κ1) is 17.0. The van der Waals surface area contributed by atoms with Crippen LogP contribution in [0.2, 0.25) is 0 Å². The molecule has 1 aliphatic rings. The van der Waals surface area contributed by atoms with E-state index in [0.29, 0.717) is 6.54 Å². The first-order valence-electron chi connectivity index (χ1n) is 9.28. The molecule has 1 atom stereocenters. The summed E-state index contributed by atoms with van der Waals surface area (Å²) >= 11 is 0. The quantitative estimate of drug-likeness (QED) is 0.744. The molecular formula is C22H25N3O. The minimum atomic E-state index is -0.314. The number of aromatic amines is 1. The highest BCUT2D eigenvalue weighted by Crippen LogP contribution is 2.35. The van der Waals surface area contributed by atoms with Gasteiger partial charge in [-0.2, -0.15) is 5.10 Å². The molecule has 4 nitrogen and oxygen atoms in total. The molecule has 134 valence electrons. The summed E-state index contributed by atoms with van der Waals surface area (Å²) < 4.78 is 0. The number of β-amino-alcohol motifs (C(OH)–C–C–N with tert-alkyl or cyclic N) is 1. The van der Waals surface area contributed by atoms with Gasteiger partial charge >= 0.3 is 0 Å². The monoisotopic (exact) mass is 347 g/mol. The van der Waals surface area contributed by atoms with E-state index in [-0.39, 0.29) is 12.0 Å². The van der Waals surface area contributed by atoms with Gasteiger partial charge in [-0.25, -0.2) is 0 Å². The average Bonchev–Trinajstić information content (AvgIpc) is 3.06. The number of benzene rings is 2. The number of H-pyrrole nitrogens is 1. The molecule has 0 saturated carbocycles. The molecule has 1 aliphatic heterocycles. The second kappa shape index (κ2) is 7.44. The number of hydrogen-bond acceptors (Lipinski definition) is 3. The van der Waals surface area contributed by atoms with Gasteiger partial charge in [0.05, 0.1) is 17.7 Å². The second-order valence-electron chi connectivity index (χ2n) is 7.15. The van der Waals surface area contributed by atoms with Gasteiger partial charge in [0.2, 0.25) is 0 Å². The van der Waals surface area contributed by atoms with Crippen molar-refractivity contribution in [2.24, 2.45) is 0 Å². The van der Waals surface area contributed by atoms with Crippen LogP contribution in [-0.4, -0.2) is 39.4 Å². The first-order valence-corrected chi connectivity index (χ1v) is 9.28. The van der Waals surface area contributed by atoms with Gasteiger partial charge in [0.25, 0.3) is 0 Å². The van der Waals surface area contributed by atoms with E-state index < -0.39 is 0 Å². The number of nitrogens with one attached hydrogen (secondary N) is 1. The third-order valence-electron chi connectivity index (χ3n) is 5.11. The number of rotatable bonds is 5. The Morgan fingerprint density at radius 3 is 2.23 bits per heavy atom. The lowest BCUT2D eigenvalue weighted by Crippen LogP contribution is -2.35. The van der Waals surface area contributed by atoms with Gasteiger partial charge in [-0.15, -0.1) is 0 Å². The van der Waals surface area contributed by atoms with Crippen molar-refractivity contribution in [3.63, 3.8) is 0 Å². The summed E-state index contributed by atoms with van der Waals surface area (Å²) in [5.41, 5.74) is 6.13. The van der Waals surface area contributed by atoms with Gasteiger partial charge in [-0.05, 0) is 18.1 Å². The van der Waals surface area contributed by atoms with E-state index in [9.17, 15) is 5.11 Å². The van der Waals surface area contributed by atoms with Crippen molar-refractivity contribution in [1.29, 1.82) is 0 Å². The Hall–Kier alpha value is -2.43. The largest absolute Gasteiger partial charge is 0.392 e. The van der Waals surface area contributed by atoms with E-state index >= 15 is 0 Å². The van der Waals surface area contributed by atoms with Crippen molar-refractivity contribution in [3.05, 3.63) is 88.7 Å². The molecule has 4 heteroatoms. The van der Waals surface area contributed by atoms with E-state index in [1.165, 1.54) is 22.4 Å². The van der Waals surface area contributed by atoms with Crippen LogP contribution in [0.4, 0.5) is 0 Å². The molecular weight excluding hydrogens is 322 g/mol. The molecule has 1 aromatic heterocycles. The summed E-state index contributed by atoms with van der Waals surface area (Å²) in [6.07, 6.45) is 0.636. The van der Waals surface area contributed by atoms with Gasteiger partial charge in [0, 0.05) is 37.3 Å². The van der Waals surface area contributed by atoms with Crippen LogP contribution in [0.15, 0.2) is 60.7 Å². The third kappa shape index (κ3) is 3.43. The van der Waals surface area contributed by atoms with Gasteiger partial charge in [-0.1, -0.05) is 60.7 Å². The Morgan fingerprint density at radius 1 is 1.04 bits per heavy atom. The zero-order chi connectivity index (χ0) is 17.9. The number of nitrogens with zero attached hydrogens (tertiary/aromatic N) is 2. The second-order valence-corrected chi connectivity index (χ2v) is 7.15. The molecule has 0 bridgehead atoms. The van der Waals surface area contributed by atoms with Crippen LogP contribution in [0, 0.1) is 0 Å². The van der Waals surface area contributed by atoms with Crippen molar-refractivity contribution in [2.45, 2.75) is 31.9 Å². The fraction of sp³-hybridized carbons (Fsp3) is 0.318. The molecule has 0 amide bonds. The standard InChI is InChI=1S/C22H25N3O/c1-16(26)14-25-13-12-20-19(15-25)22(24-23-20)21(17-8-4-2-5-9-17)18-10-6-3-7-11-18/h2-11,16,21,26H,12-15H2,1H3,(H,23,24). The number of aliphatic hydroxyl groups excluding tert-OH is 1. The van der Waals surface area contributed by atoms with Crippen molar-refractivity contribution in [1.82, 2.24) is 15.1 Å². The first-order chi connectivity index (χ1) is 12.7. The third-order valence-corrected chi connectivity index (χ3v) is 5.11. The number of hydrogen-bond donors (Lipinski definition) is 2. The molecule has 0 fully saturated rings. The smallest absolute Gasteiger partial charge is 0.0788 e. The highest BCUT2D eigenvalue weighted by atomic mass is 16.3. The van der Waals surface area contributed by atoms with Gasteiger partial charge < -0.3 is 5.11 Å². The van der Waals surface area contributed by atoms with E-state index in [1.807, 2.05) is 6.92 Å². The predicted octanol–water partition coefficient (Wildman–Crippen LogP) is 3.33. The maximum Gasteiger partial charge on any atom is 0.0788 e. The van der Waals surface area contributed by atoms with Crippen molar-refractivity contribution < 1.29 is 5.11 Å². The van der Waals surface area contributed by atoms with Crippen LogP contribution in [0.1, 0.15) is 40.9 Å². The van der Waals surface area contributed by atoms with Crippen molar-refractivity contribution in [2.75, 3.05) is 13.1 Å². The summed E-state index contributed by atoms with van der Waals surface area (Å²) in [5, 5.41) is 17.8. The molecule has 2 aromatic carbocycles. The maximum atomic E-state index is 9.77. The minimum absolute atomic E-state index is 0.115. The van der Waals surface area contributed by atoms with Crippen LogP contribution in [-0.2, 0) is 13.0 Å². The summed E-state index contributed by atoms with van der Waals surface area (Å²) in [6, 6.07) is 21.2. The molecule has 0 spiro atoms. The summed E-state index contributed by atoms with van der Waals surface area (Å²) in [6.45, 7) is 4.34. The van der Waals surface area contributed by atoms with Crippen molar-refractivity contribution in [3.8, 4) is 0 Å². The zero-order valence-electron chi connectivity index (χ0n) is 15.1. The molecule has 0 radical (unpaired) electrons. The van der Waals surface area contributed by atoms with Gasteiger partial charge in [0.1, 0.15) is 0 Å². The SMILES string of the molecule is CC(O)CN1CCc2[nH]nc(C(c3ccccc3)c3ccccc3)c2C1. The minimum Gasteiger partial charge on any atom is -0.392 e. The molecule has 0 aliphatic carbocycles. The topological polar surface area (TPSA) is 52.1 Å². The highest BCUT2D eigenvalue weighted by molar-refractivity contribution is 5.44. The highest BCUT2D eigenvalue weighted by Gasteiger charge is 2.28. The lowest BCUT2D eigenvalue weighted by Gasteiger charge is -2.29. The molecule has 26 heavy (non-hydrogen) atoms. The Bertz CT molecular complexity index is 803. The Morgan fingerprint density at radius 2 is 1.65 bits per heavy atom. The molecule has 1 unspecified atom stereocenters. The number of fused-ring (bicyclic) bond motifs is 1. The lowest BCUT2D eigenvalue weighted by atomic mass is 9.85. The maximum absolute atomic E-state index is 9.77. The van der Waals surface area contributed by atoms with E-state index in [4.69, 9.17) is 5.10 Å². The Balaban J connectivity index is 1.75. The molecule has 2 N–H and O–H groups in total.